The summed E-state index contributed by atoms with van der Waals surface area (Å²) in [6.45, 7) is 10.3. The first-order valence-electron chi connectivity index (χ1n) is 6.37. The Hall–Kier alpha value is -0.580. The molecule has 0 saturated heterocycles. The number of hydrogen-bond donors (Lipinski definition) is 2. The first-order chi connectivity index (χ1) is 8.27. The fourth-order valence-electron chi connectivity index (χ4n) is 2.30. The van der Waals surface area contributed by atoms with E-state index in [0.29, 0.717) is 11.1 Å². The molecule has 18 heavy (non-hydrogen) atoms. The zero-order chi connectivity index (χ0) is 13.9. The highest BCUT2D eigenvalue weighted by Crippen LogP contribution is 2.23. The minimum Gasteiger partial charge on any atom is -0.394 e. The van der Waals surface area contributed by atoms with E-state index in [1.54, 1.807) is 0 Å². The van der Waals surface area contributed by atoms with Crippen LogP contribution in [0.1, 0.15) is 45.9 Å². The molecule has 0 fully saturated rings. The minimum absolute atomic E-state index is 0.101. The number of aliphatic hydroxyl groups excluding tert-OH is 1. The van der Waals surface area contributed by atoms with Crippen LogP contribution in [0.4, 0.5) is 0 Å². The lowest BCUT2D eigenvalue weighted by molar-refractivity contribution is 0.140. The molecule has 4 nitrogen and oxygen atoms in total. The summed E-state index contributed by atoms with van der Waals surface area (Å²) < 4.78 is 1.87. The Labute approximate surface area is 114 Å². The first-order valence-corrected chi connectivity index (χ1v) is 6.75. The van der Waals surface area contributed by atoms with Gasteiger partial charge in [0.1, 0.15) is 0 Å². The molecule has 2 N–H and O–H groups in total. The van der Waals surface area contributed by atoms with Crippen molar-refractivity contribution in [3.05, 3.63) is 16.9 Å². The molecule has 0 spiro atoms. The fourth-order valence-corrected chi connectivity index (χ4v) is 2.43. The molecule has 0 aromatic carbocycles. The number of aliphatic hydroxyl groups is 1. The average Bonchev–Trinajstić information content (AvgIpc) is 2.58. The van der Waals surface area contributed by atoms with Gasteiger partial charge in [-0.25, -0.2) is 0 Å². The third-order valence-electron chi connectivity index (χ3n) is 3.04. The van der Waals surface area contributed by atoms with Crippen molar-refractivity contribution in [3.63, 3.8) is 0 Å². The molecule has 2 unspecified atom stereocenters. The summed E-state index contributed by atoms with van der Waals surface area (Å²) in [6.07, 6.45) is 2.63. The number of rotatable bonds is 6. The smallest absolute Gasteiger partial charge is 0.0815 e. The monoisotopic (exact) mass is 273 g/mol. The van der Waals surface area contributed by atoms with Crippen molar-refractivity contribution >= 4 is 11.6 Å². The number of aromatic nitrogens is 2. The van der Waals surface area contributed by atoms with Crippen molar-refractivity contribution in [2.75, 3.05) is 6.61 Å². The van der Waals surface area contributed by atoms with Crippen molar-refractivity contribution in [3.8, 4) is 0 Å². The molecule has 0 amide bonds. The molecule has 1 aromatic rings. The predicted molar refractivity (Wildman–Crippen MR) is 75.1 cm³/mol. The van der Waals surface area contributed by atoms with Crippen molar-refractivity contribution in [1.29, 1.82) is 0 Å². The Morgan fingerprint density at radius 1 is 1.50 bits per heavy atom. The van der Waals surface area contributed by atoms with Crippen LogP contribution in [-0.2, 0) is 0 Å². The van der Waals surface area contributed by atoms with Gasteiger partial charge in [-0.1, -0.05) is 25.4 Å². The van der Waals surface area contributed by atoms with E-state index in [1.807, 2.05) is 24.7 Å². The number of halogens is 1. The number of nitrogens with zero attached hydrogens (tertiary/aromatic N) is 2. The zero-order valence-corrected chi connectivity index (χ0v) is 12.6. The van der Waals surface area contributed by atoms with Gasteiger partial charge in [-0.3, -0.25) is 4.68 Å². The molecule has 0 bridgehead atoms. The highest BCUT2D eigenvalue weighted by Gasteiger charge is 2.27. The van der Waals surface area contributed by atoms with Crippen LogP contribution in [0.2, 0.25) is 5.02 Å². The molecule has 1 aromatic heterocycles. The molecule has 0 aliphatic carbocycles. The van der Waals surface area contributed by atoms with E-state index in [2.05, 4.69) is 31.2 Å². The Bertz CT molecular complexity index is 372. The van der Waals surface area contributed by atoms with Crippen LogP contribution in [0.15, 0.2) is 6.20 Å². The van der Waals surface area contributed by atoms with Crippen molar-refractivity contribution in [2.24, 2.45) is 0 Å². The maximum Gasteiger partial charge on any atom is 0.0815 e. The van der Waals surface area contributed by atoms with E-state index in [-0.39, 0.29) is 18.2 Å². The van der Waals surface area contributed by atoms with Gasteiger partial charge in [-0.2, -0.15) is 5.10 Å². The summed E-state index contributed by atoms with van der Waals surface area (Å²) in [5.74, 6) is 0. The van der Waals surface area contributed by atoms with Gasteiger partial charge in [0, 0.05) is 17.8 Å². The molecule has 104 valence electrons. The van der Waals surface area contributed by atoms with Crippen LogP contribution in [-0.4, -0.2) is 33.1 Å². The summed E-state index contributed by atoms with van der Waals surface area (Å²) in [5.41, 5.74) is 0.533. The molecule has 0 saturated carbocycles. The predicted octanol–water partition coefficient (Wildman–Crippen LogP) is 2.55. The van der Waals surface area contributed by atoms with Crippen LogP contribution in [0, 0.1) is 6.92 Å². The highest BCUT2D eigenvalue weighted by molar-refractivity contribution is 6.31. The van der Waals surface area contributed by atoms with E-state index in [0.717, 1.165) is 12.1 Å². The van der Waals surface area contributed by atoms with Gasteiger partial charge in [0.2, 0.25) is 0 Å². The van der Waals surface area contributed by atoms with E-state index >= 15 is 0 Å². The Morgan fingerprint density at radius 2 is 2.11 bits per heavy atom. The second-order valence-corrected chi connectivity index (χ2v) is 6.02. The quantitative estimate of drug-likeness (QED) is 0.837. The Kier molecular flexibility index (Phi) is 5.20. The SMILES string of the molecule is Cc1nn(C(C)CC(C)(CO)NC(C)C)cc1Cl. The van der Waals surface area contributed by atoms with Crippen molar-refractivity contribution < 1.29 is 5.11 Å². The molecule has 0 aliphatic heterocycles. The highest BCUT2D eigenvalue weighted by atomic mass is 35.5. The molecule has 1 rings (SSSR count). The summed E-state index contributed by atoms with van der Waals surface area (Å²) in [5, 5.41) is 18.0. The lowest BCUT2D eigenvalue weighted by atomic mass is 9.93. The lowest BCUT2D eigenvalue weighted by Gasteiger charge is -2.33. The van der Waals surface area contributed by atoms with Crippen LogP contribution in [0.3, 0.4) is 0 Å². The lowest BCUT2D eigenvalue weighted by Crippen LogP contribution is -2.50. The third kappa shape index (κ3) is 3.97. The summed E-state index contributed by atoms with van der Waals surface area (Å²) in [4.78, 5) is 0. The van der Waals surface area contributed by atoms with Crippen molar-refractivity contribution in [1.82, 2.24) is 15.1 Å². The second kappa shape index (κ2) is 6.04. The average molecular weight is 274 g/mol. The van der Waals surface area contributed by atoms with Gasteiger partial charge in [-0.05, 0) is 27.2 Å². The van der Waals surface area contributed by atoms with E-state index < -0.39 is 0 Å². The van der Waals surface area contributed by atoms with Gasteiger partial charge in [0.15, 0.2) is 0 Å². The normalized spacial score (nSPS) is 16.9. The zero-order valence-electron chi connectivity index (χ0n) is 11.9. The van der Waals surface area contributed by atoms with Gasteiger partial charge in [-0.15, -0.1) is 0 Å². The standard InChI is InChI=1S/C13H24ClN3O/c1-9(2)15-13(5,8-18)6-10(3)17-7-12(14)11(4)16-17/h7,9-10,15,18H,6,8H2,1-5H3. The molecular weight excluding hydrogens is 250 g/mol. The Balaban J connectivity index is 2.75. The fraction of sp³-hybridized carbons (Fsp3) is 0.769. The van der Waals surface area contributed by atoms with Crippen LogP contribution >= 0.6 is 11.6 Å². The topological polar surface area (TPSA) is 50.1 Å². The van der Waals surface area contributed by atoms with Gasteiger partial charge < -0.3 is 10.4 Å². The second-order valence-electron chi connectivity index (χ2n) is 5.61. The molecule has 0 radical (unpaired) electrons. The van der Waals surface area contributed by atoms with E-state index in [1.165, 1.54) is 0 Å². The van der Waals surface area contributed by atoms with Gasteiger partial charge in [0.25, 0.3) is 0 Å². The maximum atomic E-state index is 9.57. The van der Waals surface area contributed by atoms with E-state index in [4.69, 9.17) is 11.6 Å². The van der Waals surface area contributed by atoms with Gasteiger partial charge in [0.05, 0.1) is 23.4 Å². The molecule has 0 aliphatic rings. The maximum absolute atomic E-state index is 9.57. The molecule has 5 heteroatoms. The molecule has 2 atom stereocenters. The Morgan fingerprint density at radius 3 is 2.50 bits per heavy atom. The van der Waals surface area contributed by atoms with Gasteiger partial charge >= 0.3 is 0 Å². The minimum atomic E-state index is -0.306. The summed E-state index contributed by atoms with van der Waals surface area (Å²) in [7, 11) is 0. The van der Waals surface area contributed by atoms with E-state index in [9.17, 15) is 5.11 Å². The summed E-state index contributed by atoms with van der Waals surface area (Å²) in [6, 6.07) is 0.511. The van der Waals surface area contributed by atoms with Crippen molar-refractivity contribution in [2.45, 2.75) is 58.7 Å². The van der Waals surface area contributed by atoms with Crippen LogP contribution in [0.5, 0.6) is 0 Å². The number of hydrogen-bond acceptors (Lipinski definition) is 3. The van der Waals surface area contributed by atoms with Crippen LogP contribution < -0.4 is 5.32 Å². The summed E-state index contributed by atoms with van der Waals surface area (Å²) >= 11 is 6.01. The number of aryl methyl sites for hydroxylation is 1. The largest absolute Gasteiger partial charge is 0.394 e. The molecular formula is C13H24ClN3O. The first kappa shape index (κ1) is 15.5. The molecule has 1 heterocycles. The number of nitrogens with one attached hydrogen (secondary N) is 1. The third-order valence-corrected chi connectivity index (χ3v) is 3.41. The van der Waals surface area contributed by atoms with Crippen LogP contribution in [0.25, 0.3) is 0 Å².